The Bertz CT molecular complexity index is 768. The quantitative estimate of drug-likeness (QED) is 0.523. The molecule has 0 spiro atoms. The van der Waals surface area contributed by atoms with Crippen LogP contribution in [-0.2, 0) is 10.2 Å². The lowest BCUT2D eigenvalue weighted by atomic mass is 9.86. The van der Waals surface area contributed by atoms with Gasteiger partial charge in [0.05, 0.1) is 6.61 Å². The van der Waals surface area contributed by atoms with E-state index < -0.39 is 0 Å². The van der Waals surface area contributed by atoms with Crippen molar-refractivity contribution in [2.75, 3.05) is 18.5 Å². The van der Waals surface area contributed by atoms with Crippen LogP contribution in [-0.4, -0.2) is 19.1 Å². The largest absolute Gasteiger partial charge is 0.494 e. The second kappa shape index (κ2) is 9.79. The SMILES string of the molecule is CCCCOc1cccc(NC(=O)COc2ccc(Br)cc2C(C)(C)C)c1. The molecular formula is C22H28BrNO3. The summed E-state index contributed by atoms with van der Waals surface area (Å²) in [4.78, 5) is 12.3. The molecule has 1 N–H and O–H groups in total. The molecule has 0 aliphatic heterocycles. The lowest BCUT2D eigenvalue weighted by molar-refractivity contribution is -0.118. The average molecular weight is 434 g/mol. The lowest BCUT2D eigenvalue weighted by Crippen LogP contribution is -2.22. The number of amides is 1. The number of carbonyl (C=O) groups excluding carboxylic acids is 1. The van der Waals surface area contributed by atoms with E-state index in [9.17, 15) is 4.79 Å². The first-order valence-electron chi connectivity index (χ1n) is 9.25. The van der Waals surface area contributed by atoms with Crippen molar-refractivity contribution in [3.63, 3.8) is 0 Å². The molecule has 2 aromatic carbocycles. The van der Waals surface area contributed by atoms with Gasteiger partial charge in [0.15, 0.2) is 6.61 Å². The Labute approximate surface area is 170 Å². The molecule has 4 nitrogen and oxygen atoms in total. The molecule has 0 aromatic heterocycles. The van der Waals surface area contributed by atoms with Gasteiger partial charge in [0.2, 0.25) is 0 Å². The van der Waals surface area contributed by atoms with Crippen LogP contribution in [0.25, 0.3) is 0 Å². The van der Waals surface area contributed by atoms with Crippen LogP contribution in [0, 0.1) is 0 Å². The summed E-state index contributed by atoms with van der Waals surface area (Å²) in [5.74, 6) is 1.27. The Kier molecular flexibility index (Phi) is 7.72. The van der Waals surface area contributed by atoms with Crippen molar-refractivity contribution in [1.82, 2.24) is 0 Å². The number of hydrogen-bond acceptors (Lipinski definition) is 3. The Morgan fingerprint density at radius 2 is 1.89 bits per heavy atom. The van der Waals surface area contributed by atoms with Gasteiger partial charge in [0.1, 0.15) is 11.5 Å². The van der Waals surface area contributed by atoms with Crippen LogP contribution in [0.4, 0.5) is 5.69 Å². The number of halogens is 1. The van der Waals surface area contributed by atoms with E-state index in [1.165, 1.54) is 0 Å². The molecular weight excluding hydrogens is 406 g/mol. The summed E-state index contributed by atoms with van der Waals surface area (Å²) >= 11 is 3.50. The van der Waals surface area contributed by atoms with E-state index in [4.69, 9.17) is 9.47 Å². The molecule has 146 valence electrons. The maximum absolute atomic E-state index is 12.3. The number of benzene rings is 2. The average Bonchev–Trinajstić information content (AvgIpc) is 2.60. The van der Waals surface area contributed by atoms with Gasteiger partial charge in [0.25, 0.3) is 5.91 Å². The molecule has 1 amide bonds. The standard InChI is InChI=1S/C22H28BrNO3/c1-5-6-12-26-18-9-7-8-17(14-18)24-21(25)15-27-20-11-10-16(23)13-19(20)22(2,3)4/h7-11,13-14H,5-6,12,15H2,1-4H3,(H,24,25). The topological polar surface area (TPSA) is 47.6 Å². The van der Waals surface area contributed by atoms with E-state index in [0.29, 0.717) is 12.3 Å². The zero-order valence-corrected chi connectivity index (χ0v) is 18.1. The molecule has 27 heavy (non-hydrogen) atoms. The van der Waals surface area contributed by atoms with Crippen molar-refractivity contribution >= 4 is 27.5 Å². The fraction of sp³-hybridized carbons (Fsp3) is 0.409. The number of nitrogens with one attached hydrogen (secondary N) is 1. The van der Waals surface area contributed by atoms with Crippen LogP contribution < -0.4 is 14.8 Å². The predicted molar refractivity (Wildman–Crippen MR) is 114 cm³/mol. The Morgan fingerprint density at radius 3 is 2.59 bits per heavy atom. The smallest absolute Gasteiger partial charge is 0.262 e. The van der Waals surface area contributed by atoms with Gasteiger partial charge in [-0.2, -0.15) is 0 Å². The first kappa shape index (κ1) is 21.3. The maximum Gasteiger partial charge on any atom is 0.262 e. The second-order valence-electron chi connectivity index (χ2n) is 7.46. The number of unbranched alkanes of at least 4 members (excludes halogenated alkanes) is 1. The monoisotopic (exact) mass is 433 g/mol. The summed E-state index contributed by atoms with van der Waals surface area (Å²) in [6.45, 7) is 9.10. The van der Waals surface area contributed by atoms with Gasteiger partial charge in [-0.15, -0.1) is 0 Å². The third-order valence-corrected chi connectivity index (χ3v) is 4.49. The normalized spacial score (nSPS) is 11.1. The number of ether oxygens (including phenoxy) is 2. The Morgan fingerprint density at radius 1 is 1.11 bits per heavy atom. The fourth-order valence-corrected chi connectivity index (χ4v) is 2.91. The van der Waals surface area contributed by atoms with Gasteiger partial charge in [-0.25, -0.2) is 0 Å². The van der Waals surface area contributed by atoms with E-state index in [2.05, 4.69) is 48.9 Å². The van der Waals surface area contributed by atoms with Crippen molar-refractivity contribution in [3.8, 4) is 11.5 Å². The molecule has 0 saturated heterocycles. The molecule has 0 atom stereocenters. The van der Waals surface area contributed by atoms with Gasteiger partial charge in [-0.3, -0.25) is 4.79 Å². The van der Waals surface area contributed by atoms with Gasteiger partial charge < -0.3 is 14.8 Å². The summed E-state index contributed by atoms with van der Waals surface area (Å²) in [7, 11) is 0. The van der Waals surface area contributed by atoms with Crippen LogP contribution in [0.3, 0.4) is 0 Å². The minimum Gasteiger partial charge on any atom is -0.494 e. The van der Waals surface area contributed by atoms with E-state index in [-0.39, 0.29) is 17.9 Å². The van der Waals surface area contributed by atoms with E-state index >= 15 is 0 Å². The molecule has 0 unspecified atom stereocenters. The van der Waals surface area contributed by atoms with Crippen LogP contribution >= 0.6 is 15.9 Å². The number of anilines is 1. The third kappa shape index (κ3) is 6.90. The number of rotatable bonds is 8. The van der Waals surface area contributed by atoms with E-state index in [1.807, 2.05) is 42.5 Å². The number of carbonyl (C=O) groups is 1. The van der Waals surface area contributed by atoms with E-state index in [1.54, 1.807) is 0 Å². The summed E-state index contributed by atoms with van der Waals surface area (Å²) in [6, 6.07) is 13.3. The van der Waals surface area contributed by atoms with Crippen molar-refractivity contribution in [2.45, 2.75) is 46.0 Å². The van der Waals surface area contributed by atoms with Crippen molar-refractivity contribution in [3.05, 3.63) is 52.5 Å². The molecule has 0 aliphatic rings. The first-order valence-corrected chi connectivity index (χ1v) is 10.0. The minimum atomic E-state index is -0.205. The number of hydrogen-bond donors (Lipinski definition) is 1. The third-order valence-electron chi connectivity index (χ3n) is 3.99. The summed E-state index contributed by atoms with van der Waals surface area (Å²) in [5.41, 5.74) is 1.67. The highest BCUT2D eigenvalue weighted by molar-refractivity contribution is 9.10. The Hall–Kier alpha value is -2.01. The summed E-state index contributed by atoms with van der Waals surface area (Å²) < 4.78 is 12.5. The molecule has 2 rings (SSSR count). The highest BCUT2D eigenvalue weighted by Crippen LogP contribution is 2.33. The molecule has 0 fully saturated rings. The zero-order valence-electron chi connectivity index (χ0n) is 16.5. The van der Waals surface area contributed by atoms with Crippen LogP contribution in [0.1, 0.15) is 46.1 Å². The second-order valence-corrected chi connectivity index (χ2v) is 8.37. The van der Waals surface area contributed by atoms with Crippen LogP contribution in [0.2, 0.25) is 0 Å². The molecule has 5 heteroatoms. The van der Waals surface area contributed by atoms with E-state index in [0.717, 1.165) is 34.4 Å². The van der Waals surface area contributed by atoms with Gasteiger partial charge in [-0.1, -0.05) is 56.1 Å². The fourth-order valence-electron chi connectivity index (χ4n) is 2.55. The van der Waals surface area contributed by atoms with Crippen molar-refractivity contribution < 1.29 is 14.3 Å². The molecule has 0 radical (unpaired) electrons. The minimum absolute atomic E-state index is 0.0500. The van der Waals surface area contributed by atoms with Gasteiger partial charge in [-0.05, 0) is 42.2 Å². The predicted octanol–water partition coefficient (Wildman–Crippen LogP) is 5.94. The molecule has 0 bridgehead atoms. The molecule has 2 aromatic rings. The zero-order chi connectivity index (χ0) is 19.9. The maximum atomic E-state index is 12.3. The first-order chi connectivity index (χ1) is 12.8. The lowest BCUT2D eigenvalue weighted by Gasteiger charge is -2.23. The molecule has 0 heterocycles. The molecule has 0 saturated carbocycles. The molecule has 0 aliphatic carbocycles. The highest BCUT2D eigenvalue weighted by atomic mass is 79.9. The van der Waals surface area contributed by atoms with Crippen molar-refractivity contribution in [1.29, 1.82) is 0 Å². The van der Waals surface area contributed by atoms with Crippen LogP contribution in [0.5, 0.6) is 11.5 Å². The van der Waals surface area contributed by atoms with Crippen LogP contribution in [0.15, 0.2) is 46.9 Å². The van der Waals surface area contributed by atoms with Gasteiger partial charge in [0, 0.05) is 21.8 Å². The van der Waals surface area contributed by atoms with Gasteiger partial charge >= 0.3 is 0 Å². The highest BCUT2D eigenvalue weighted by Gasteiger charge is 2.20. The summed E-state index contributed by atoms with van der Waals surface area (Å²) in [5, 5.41) is 2.86. The van der Waals surface area contributed by atoms with Crippen molar-refractivity contribution in [2.24, 2.45) is 0 Å². The summed E-state index contributed by atoms with van der Waals surface area (Å²) in [6.07, 6.45) is 2.09. The Balaban J connectivity index is 1.96.